The second-order valence-corrected chi connectivity index (χ2v) is 6.20. The minimum absolute atomic E-state index is 0.245. The van der Waals surface area contributed by atoms with E-state index in [2.05, 4.69) is 17.2 Å². The van der Waals surface area contributed by atoms with Gasteiger partial charge in [0.1, 0.15) is 0 Å². The Morgan fingerprint density at radius 2 is 2.09 bits per heavy atom. The van der Waals surface area contributed by atoms with Crippen molar-refractivity contribution in [2.45, 2.75) is 51.0 Å². The van der Waals surface area contributed by atoms with Crippen LogP contribution in [-0.2, 0) is 4.79 Å². The molecule has 3 rings (SSSR count). The fourth-order valence-electron chi connectivity index (χ4n) is 3.53. The van der Waals surface area contributed by atoms with Crippen LogP contribution < -0.4 is 5.32 Å². The SMILES string of the molecule is CCCCCC[C@@H]1NC[C@@H](C(=O)O)c2c1[nH]c1ccccc21. The number of fused-ring (bicyclic) bond motifs is 3. The van der Waals surface area contributed by atoms with E-state index in [9.17, 15) is 9.90 Å². The van der Waals surface area contributed by atoms with Crippen LogP contribution in [0.15, 0.2) is 24.3 Å². The lowest BCUT2D eigenvalue weighted by Gasteiger charge is -2.28. The largest absolute Gasteiger partial charge is 0.481 e. The number of H-pyrrole nitrogens is 1. The Morgan fingerprint density at radius 3 is 2.86 bits per heavy atom. The highest BCUT2D eigenvalue weighted by atomic mass is 16.4. The average Bonchev–Trinajstić information content (AvgIpc) is 2.91. The molecule has 4 heteroatoms. The van der Waals surface area contributed by atoms with Gasteiger partial charge in [-0.15, -0.1) is 0 Å². The van der Waals surface area contributed by atoms with E-state index in [1.54, 1.807) is 0 Å². The van der Waals surface area contributed by atoms with Gasteiger partial charge in [-0.3, -0.25) is 4.79 Å². The first-order valence-corrected chi connectivity index (χ1v) is 8.29. The Hall–Kier alpha value is -1.81. The Bertz CT molecular complexity index is 662. The number of hydrogen-bond acceptors (Lipinski definition) is 2. The molecule has 0 radical (unpaired) electrons. The molecular formula is C18H24N2O2. The van der Waals surface area contributed by atoms with E-state index >= 15 is 0 Å². The summed E-state index contributed by atoms with van der Waals surface area (Å²) in [7, 11) is 0. The third-order valence-electron chi connectivity index (χ3n) is 4.69. The maximum absolute atomic E-state index is 11.6. The van der Waals surface area contributed by atoms with E-state index in [1.807, 2.05) is 24.3 Å². The predicted molar refractivity (Wildman–Crippen MR) is 88.2 cm³/mol. The minimum Gasteiger partial charge on any atom is -0.481 e. The van der Waals surface area contributed by atoms with Crippen molar-refractivity contribution in [3.63, 3.8) is 0 Å². The van der Waals surface area contributed by atoms with Gasteiger partial charge in [-0.05, 0) is 18.1 Å². The summed E-state index contributed by atoms with van der Waals surface area (Å²) in [4.78, 5) is 15.1. The van der Waals surface area contributed by atoms with Gasteiger partial charge in [-0.1, -0.05) is 50.8 Å². The van der Waals surface area contributed by atoms with Crippen LogP contribution in [0.1, 0.15) is 62.2 Å². The van der Waals surface area contributed by atoms with E-state index in [0.29, 0.717) is 6.54 Å². The Labute approximate surface area is 130 Å². The van der Waals surface area contributed by atoms with Crippen molar-refractivity contribution in [3.05, 3.63) is 35.5 Å². The van der Waals surface area contributed by atoms with Crippen LogP contribution in [0, 0.1) is 0 Å². The first-order chi connectivity index (χ1) is 10.7. The second-order valence-electron chi connectivity index (χ2n) is 6.20. The molecule has 1 aromatic carbocycles. The molecule has 0 fully saturated rings. The number of nitrogens with one attached hydrogen (secondary N) is 2. The number of aliphatic carboxylic acids is 1. The standard InChI is InChI=1S/C18H24N2O2/c1-2-3-4-5-10-15-17-16(13(11-19-15)18(21)22)12-8-6-7-9-14(12)20-17/h6-9,13,15,19-20H,2-5,10-11H2,1H3,(H,21,22)/t13-,15+/m1/s1. The number of benzene rings is 1. The van der Waals surface area contributed by atoms with Gasteiger partial charge in [0.15, 0.2) is 0 Å². The maximum Gasteiger partial charge on any atom is 0.312 e. The van der Waals surface area contributed by atoms with Crippen molar-refractivity contribution in [2.75, 3.05) is 6.54 Å². The molecule has 2 heterocycles. The van der Waals surface area contributed by atoms with Gasteiger partial charge in [-0.25, -0.2) is 0 Å². The molecule has 0 bridgehead atoms. The van der Waals surface area contributed by atoms with Crippen molar-refractivity contribution in [3.8, 4) is 0 Å². The number of carboxylic acid groups (broad SMARTS) is 1. The normalized spacial score (nSPS) is 21.0. The zero-order valence-electron chi connectivity index (χ0n) is 13.1. The molecule has 0 saturated heterocycles. The van der Waals surface area contributed by atoms with Gasteiger partial charge in [-0.2, -0.15) is 0 Å². The predicted octanol–water partition coefficient (Wildman–Crippen LogP) is 3.95. The molecule has 0 saturated carbocycles. The van der Waals surface area contributed by atoms with Crippen LogP contribution >= 0.6 is 0 Å². The van der Waals surface area contributed by atoms with Crippen molar-refractivity contribution in [2.24, 2.45) is 0 Å². The summed E-state index contributed by atoms with van der Waals surface area (Å²) in [5.41, 5.74) is 3.11. The van der Waals surface area contributed by atoms with Crippen molar-refractivity contribution in [1.82, 2.24) is 10.3 Å². The molecule has 22 heavy (non-hydrogen) atoms. The van der Waals surface area contributed by atoms with Crippen LogP contribution in [0.4, 0.5) is 0 Å². The summed E-state index contributed by atoms with van der Waals surface area (Å²) in [6.45, 7) is 2.73. The van der Waals surface area contributed by atoms with Crippen molar-refractivity contribution >= 4 is 16.9 Å². The van der Waals surface area contributed by atoms with Crippen LogP contribution in [0.3, 0.4) is 0 Å². The monoisotopic (exact) mass is 300 g/mol. The van der Waals surface area contributed by atoms with E-state index in [0.717, 1.165) is 28.6 Å². The van der Waals surface area contributed by atoms with Gasteiger partial charge in [0.05, 0.1) is 5.92 Å². The third kappa shape index (κ3) is 2.75. The fraction of sp³-hybridized carbons (Fsp3) is 0.500. The van der Waals surface area contributed by atoms with Crippen LogP contribution in [0.5, 0.6) is 0 Å². The summed E-state index contributed by atoms with van der Waals surface area (Å²) >= 11 is 0. The average molecular weight is 300 g/mol. The Morgan fingerprint density at radius 1 is 1.27 bits per heavy atom. The number of hydrogen-bond donors (Lipinski definition) is 3. The summed E-state index contributed by atoms with van der Waals surface area (Å²) in [6, 6.07) is 8.27. The molecule has 2 atom stereocenters. The van der Waals surface area contributed by atoms with Gasteiger partial charge in [0.25, 0.3) is 0 Å². The Kier molecular flexibility index (Phi) is 4.48. The van der Waals surface area contributed by atoms with Crippen LogP contribution in [0.25, 0.3) is 10.9 Å². The van der Waals surface area contributed by atoms with E-state index in [1.165, 1.54) is 25.7 Å². The van der Waals surface area contributed by atoms with Gasteiger partial charge in [0.2, 0.25) is 0 Å². The van der Waals surface area contributed by atoms with E-state index in [-0.39, 0.29) is 6.04 Å². The molecule has 118 valence electrons. The smallest absolute Gasteiger partial charge is 0.312 e. The highest BCUT2D eigenvalue weighted by Gasteiger charge is 2.34. The molecule has 0 amide bonds. The van der Waals surface area contributed by atoms with Gasteiger partial charge >= 0.3 is 5.97 Å². The van der Waals surface area contributed by atoms with Crippen LogP contribution in [-0.4, -0.2) is 22.6 Å². The topological polar surface area (TPSA) is 65.1 Å². The summed E-state index contributed by atoms with van der Waals surface area (Å²) in [5, 5.41) is 14.0. The summed E-state index contributed by atoms with van der Waals surface area (Å²) < 4.78 is 0. The van der Waals surface area contributed by atoms with E-state index < -0.39 is 11.9 Å². The second kappa shape index (κ2) is 6.53. The first kappa shape index (κ1) is 15.1. The number of rotatable bonds is 6. The zero-order chi connectivity index (χ0) is 15.5. The quantitative estimate of drug-likeness (QED) is 0.708. The first-order valence-electron chi connectivity index (χ1n) is 8.29. The lowest BCUT2D eigenvalue weighted by atomic mass is 9.88. The molecule has 1 aliphatic heterocycles. The lowest BCUT2D eigenvalue weighted by Crippen LogP contribution is -2.36. The van der Waals surface area contributed by atoms with Crippen LogP contribution in [0.2, 0.25) is 0 Å². The minimum atomic E-state index is -0.747. The number of carboxylic acids is 1. The summed E-state index contributed by atoms with van der Waals surface area (Å²) in [5.74, 6) is -1.21. The van der Waals surface area contributed by atoms with Crippen molar-refractivity contribution in [1.29, 1.82) is 0 Å². The fourth-order valence-corrected chi connectivity index (χ4v) is 3.53. The lowest BCUT2D eigenvalue weighted by molar-refractivity contribution is -0.138. The number of para-hydroxylation sites is 1. The molecule has 1 aliphatic rings. The number of unbranched alkanes of at least 4 members (excludes halogenated alkanes) is 3. The highest BCUT2D eigenvalue weighted by Crippen LogP contribution is 2.37. The van der Waals surface area contributed by atoms with Gasteiger partial charge < -0.3 is 15.4 Å². The number of aromatic amines is 1. The van der Waals surface area contributed by atoms with Crippen molar-refractivity contribution < 1.29 is 9.90 Å². The molecule has 4 nitrogen and oxygen atoms in total. The van der Waals surface area contributed by atoms with E-state index in [4.69, 9.17) is 0 Å². The molecule has 3 N–H and O–H groups in total. The maximum atomic E-state index is 11.6. The van der Waals surface area contributed by atoms with Gasteiger partial charge in [0, 0.05) is 29.2 Å². The molecule has 0 unspecified atom stereocenters. The number of carbonyl (C=O) groups is 1. The third-order valence-corrected chi connectivity index (χ3v) is 4.69. The summed E-state index contributed by atoms with van der Waals surface area (Å²) in [6.07, 6.45) is 5.98. The molecule has 0 spiro atoms. The zero-order valence-corrected chi connectivity index (χ0v) is 13.1. The molecule has 0 aliphatic carbocycles. The Balaban J connectivity index is 1.92. The number of aromatic nitrogens is 1. The molecule has 1 aromatic heterocycles. The molecular weight excluding hydrogens is 276 g/mol. The highest BCUT2D eigenvalue weighted by molar-refractivity contribution is 5.91. The molecule has 2 aromatic rings.